The summed E-state index contributed by atoms with van der Waals surface area (Å²) in [4.78, 5) is 57.2. The molecule has 5 aliphatic carbocycles. The number of Topliss-reactive ketones (excluding diaryl/α,β-unsaturated/α-hetero) is 1. The summed E-state index contributed by atoms with van der Waals surface area (Å²) in [6.45, 7) is 10.8. The topological polar surface area (TPSA) is 552 Å². The number of aliphatic hydroxyl groups is 17. The smallest absolute Gasteiger partial charge is 0.317 e. The third-order valence-corrected chi connectivity index (χ3v) is 27.9. The molecular formula is C78H126O35. The first-order valence-electron chi connectivity index (χ1n) is 40.7. The monoisotopic (exact) mass is 1620 g/mol. The van der Waals surface area contributed by atoms with Crippen molar-refractivity contribution < 1.29 is 173 Å². The summed E-state index contributed by atoms with van der Waals surface area (Å²) >= 11 is 0. The van der Waals surface area contributed by atoms with E-state index in [2.05, 4.69) is 33.8 Å². The first kappa shape index (κ1) is 90.5. The van der Waals surface area contributed by atoms with Gasteiger partial charge in [-0.2, -0.15) is 0 Å². The molecule has 10 fully saturated rings. The second kappa shape index (κ2) is 37.0. The summed E-state index contributed by atoms with van der Waals surface area (Å²) in [5.41, 5.74) is -5.89. The Morgan fingerprint density at radius 3 is 1.61 bits per heavy atom. The van der Waals surface area contributed by atoms with Crippen LogP contribution in [0.5, 0.6) is 0 Å². The maximum Gasteiger partial charge on any atom is 0.317 e. The number of rotatable bonds is 30. The lowest BCUT2D eigenvalue weighted by molar-refractivity contribution is -0.382. The van der Waals surface area contributed by atoms with Crippen LogP contribution in [0.4, 0.5) is 0 Å². The van der Waals surface area contributed by atoms with Gasteiger partial charge in [-0.15, -0.1) is 0 Å². The molecule has 35 heteroatoms. The molecule has 37 atom stereocenters. The highest BCUT2D eigenvalue weighted by molar-refractivity contribution is 5.80. The minimum Gasteiger partial charge on any atom is -0.481 e. The number of carboxylic acid groups (broad SMARTS) is 1. The number of hydrogen-bond acceptors (Lipinski definition) is 34. The summed E-state index contributed by atoms with van der Waals surface area (Å²) in [6, 6.07) is 0. The van der Waals surface area contributed by atoms with E-state index in [0.29, 0.717) is 83.7 Å². The molecule has 0 bridgehead atoms. The largest absolute Gasteiger partial charge is 0.481 e. The van der Waals surface area contributed by atoms with Crippen LogP contribution in [0.2, 0.25) is 0 Å². The molecule has 0 aromatic heterocycles. The SMILES string of the molecule is CC1OC(OC2C(OC(=O)C34CCC(C)(C)CC3C3=CCC5C6(C)CC(O)C(OC7OC(CO)C(O)C(O)C7O)C(C)(C(=O)O)C6CCC5(C)C3(C)CC4O)OCC(OC(=O)CCCCCCCC(=O)CCCCCCCOC3OCC(O)C(O)C3O)C2OC2OCC(O)C(O)C2O)C(O)C(O)C1OC1OCC(O)C(O)C1O. The predicted molar refractivity (Wildman–Crippen MR) is 383 cm³/mol. The third kappa shape index (κ3) is 18.1. The standard InChI is InChI=1S/C78H126O35/c1-36-61(109-66-57(94)51(88)42(83)33-103-66)55(92)60(97)68(106-36)111-63-62(110-67-58(95)52(89)43(84)34-104-67)45(107-49(86)20-16-12-8-10-14-18-37(80)19-15-11-9-13-17-27-101-65-56(93)50(87)41(82)32-102-65)35-105-70(63)113-72(100)78-26-25-73(2,3)28-39(78)38-21-22-46-74(4)29-40(81)64(112-69-59(96)54(91)53(90)44(31-79)108-69)77(7,71(98)99)47(74)23-24-75(46,5)76(38,6)30-48(78)85/h21,36,39-48,50-70,79,81-85,87-97H,8-20,22-35H2,1-7H3,(H,98,99). The number of unbranched alkanes of at least 4 members (excludes halogenated alkanes) is 8. The fourth-order valence-corrected chi connectivity index (χ4v) is 20.9. The van der Waals surface area contributed by atoms with Crippen LogP contribution < -0.4 is 0 Å². The van der Waals surface area contributed by atoms with Gasteiger partial charge in [-0.1, -0.05) is 84.8 Å². The zero-order valence-corrected chi connectivity index (χ0v) is 65.6. The Labute approximate surface area is 657 Å². The van der Waals surface area contributed by atoms with Crippen molar-refractivity contribution in [1.29, 1.82) is 0 Å². The van der Waals surface area contributed by atoms with Crippen LogP contribution in [0.15, 0.2) is 11.6 Å². The van der Waals surface area contributed by atoms with Crippen molar-refractivity contribution in [2.24, 2.45) is 50.2 Å². The van der Waals surface area contributed by atoms with Crippen molar-refractivity contribution >= 4 is 23.7 Å². The van der Waals surface area contributed by atoms with Gasteiger partial charge in [0.05, 0.1) is 56.8 Å². The van der Waals surface area contributed by atoms with Gasteiger partial charge in [0.15, 0.2) is 43.7 Å². The molecule has 0 aromatic carbocycles. The number of carbonyl (C=O) groups is 4. The number of aliphatic carboxylic acids is 1. The van der Waals surface area contributed by atoms with Crippen LogP contribution in [0.25, 0.3) is 0 Å². The first-order chi connectivity index (χ1) is 53.3. The number of hydrogen-bond donors (Lipinski definition) is 18. The lowest BCUT2D eigenvalue weighted by Crippen LogP contribution is -2.71. The molecule has 11 aliphatic rings. The van der Waals surface area contributed by atoms with Crippen molar-refractivity contribution in [3.8, 4) is 0 Å². The average molecular weight is 1620 g/mol. The number of ketones is 1. The van der Waals surface area contributed by atoms with E-state index in [1.165, 1.54) is 13.8 Å². The molecular weight excluding hydrogens is 1500 g/mol. The molecule has 113 heavy (non-hydrogen) atoms. The van der Waals surface area contributed by atoms with E-state index in [0.717, 1.165) is 31.3 Å². The molecule has 6 heterocycles. The van der Waals surface area contributed by atoms with Gasteiger partial charge in [0, 0.05) is 25.9 Å². The van der Waals surface area contributed by atoms with Gasteiger partial charge in [-0.3, -0.25) is 19.2 Å². The minimum absolute atomic E-state index is 0.00214. The second-order valence-corrected chi connectivity index (χ2v) is 35.7. The van der Waals surface area contributed by atoms with E-state index in [-0.39, 0.29) is 50.4 Å². The Balaban J connectivity index is 0.807. The van der Waals surface area contributed by atoms with Gasteiger partial charge in [0.1, 0.15) is 121 Å². The van der Waals surface area contributed by atoms with Crippen LogP contribution in [-0.2, 0) is 80.8 Å². The van der Waals surface area contributed by atoms with E-state index in [1.807, 2.05) is 6.92 Å². The van der Waals surface area contributed by atoms with Gasteiger partial charge in [0.25, 0.3) is 0 Å². The van der Waals surface area contributed by atoms with Gasteiger partial charge >= 0.3 is 17.9 Å². The normalized spacial score (nSPS) is 47.8. The Bertz CT molecular complexity index is 3200. The lowest BCUT2D eigenvalue weighted by atomic mass is 9.33. The number of allylic oxidation sites excluding steroid dienone is 2. The summed E-state index contributed by atoms with van der Waals surface area (Å²) in [5, 5.41) is 198. The van der Waals surface area contributed by atoms with Crippen LogP contribution in [-0.4, -0.2) is 333 Å². The van der Waals surface area contributed by atoms with Crippen molar-refractivity contribution in [2.75, 3.05) is 39.6 Å². The third-order valence-electron chi connectivity index (χ3n) is 27.9. The Morgan fingerprint density at radius 2 is 1.01 bits per heavy atom. The molecule has 0 spiro atoms. The molecule has 35 nitrogen and oxygen atoms in total. The molecule has 6 saturated heterocycles. The van der Waals surface area contributed by atoms with Crippen molar-refractivity contribution in [2.45, 2.75) is 361 Å². The second-order valence-electron chi connectivity index (χ2n) is 35.7. The van der Waals surface area contributed by atoms with E-state index < -0.39 is 267 Å². The molecule has 18 N–H and O–H groups in total. The maximum atomic E-state index is 16.3. The van der Waals surface area contributed by atoms with E-state index in [4.69, 9.17) is 61.6 Å². The number of carbonyl (C=O) groups excluding carboxylic acids is 3. The summed E-state index contributed by atoms with van der Waals surface area (Å²) in [6.07, 6.45) is -36.8. The highest BCUT2D eigenvalue weighted by Crippen LogP contribution is 2.76. The lowest BCUT2D eigenvalue weighted by Gasteiger charge is -2.71. The molecule has 4 saturated carbocycles. The number of fused-ring (bicyclic) bond motifs is 7. The quantitative estimate of drug-likeness (QED) is 0.0166. The maximum absolute atomic E-state index is 16.3. The van der Waals surface area contributed by atoms with Crippen molar-refractivity contribution in [3.05, 3.63) is 11.6 Å². The van der Waals surface area contributed by atoms with E-state index in [1.54, 1.807) is 0 Å². The van der Waals surface area contributed by atoms with E-state index in [9.17, 15) is 106 Å². The van der Waals surface area contributed by atoms with Crippen molar-refractivity contribution in [3.63, 3.8) is 0 Å². The van der Waals surface area contributed by atoms with Crippen LogP contribution in [0.3, 0.4) is 0 Å². The van der Waals surface area contributed by atoms with Gasteiger partial charge in [0.2, 0.25) is 6.29 Å². The Kier molecular flexibility index (Phi) is 29.6. The number of aliphatic hydroxyl groups excluding tert-OH is 17. The summed E-state index contributed by atoms with van der Waals surface area (Å²) < 4.78 is 78.4. The first-order valence-corrected chi connectivity index (χ1v) is 40.7. The van der Waals surface area contributed by atoms with Crippen LogP contribution >= 0.6 is 0 Å². The van der Waals surface area contributed by atoms with E-state index >= 15 is 4.79 Å². The van der Waals surface area contributed by atoms with Gasteiger partial charge in [-0.05, 0) is 130 Å². The van der Waals surface area contributed by atoms with Gasteiger partial charge < -0.3 is 153 Å². The Hall–Kier alpha value is -3.30. The molecule has 6 aliphatic heterocycles. The molecule has 0 radical (unpaired) electrons. The molecule has 37 unspecified atom stereocenters. The Morgan fingerprint density at radius 1 is 0.487 bits per heavy atom. The molecule has 11 rings (SSSR count). The summed E-state index contributed by atoms with van der Waals surface area (Å²) in [5.74, 6) is -4.75. The minimum atomic E-state index is -2.10. The zero-order chi connectivity index (χ0) is 82.4. The van der Waals surface area contributed by atoms with Crippen LogP contribution in [0.1, 0.15) is 183 Å². The highest BCUT2D eigenvalue weighted by Gasteiger charge is 2.75. The van der Waals surface area contributed by atoms with Gasteiger partial charge in [-0.25, -0.2) is 0 Å². The average Bonchev–Trinajstić information content (AvgIpc) is 0.667. The highest BCUT2D eigenvalue weighted by atomic mass is 16.8. The molecule has 0 amide bonds. The number of carboxylic acids is 1. The predicted octanol–water partition coefficient (Wildman–Crippen LogP) is -1.61. The molecule has 648 valence electrons. The van der Waals surface area contributed by atoms with Crippen molar-refractivity contribution in [1.82, 2.24) is 0 Å². The van der Waals surface area contributed by atoms with Crippen LogP contribution in [0, 0.1) is 50.2 Å². The number of esters is 2. The fourth-order valence-electron chi connectivity index (χ4n) is 20.9. The fraction of sp³-hybridized carbons (Fsp3) is 0.923. The summed E-state index contributed by atoms with van der Waals surface area (Å²) in [7, 11) is 0. The number of ether oxygens (including phenoxy) is 13. The molecule has 0 aromatic rings. The zero-order valence-electron chi connectivity index (χ0n) is 65.6.